The number of aliphatic hydroxyl groups is 1. The molecular formula is C30H38N4O5. The van der Waals surface area contributed by atoms with Gasteiger partial charge in [-0.1, -0.05) is 6.07 Å². The number of nitrogens with two attached hydrogens (primary N) is 2. The molecule has 9 nitrogen and oxygen atoms in total. The van der Waals surface area contributed by atoms with Crippen LogP contribution >= 0.6 is 0 Å². The number of pyridine rings is 1. The summed E-state index contributed by atoms with van der Waals surface area (Å²) >= 11 is 0. The van der Waals surface area contributed by atoms with Crippen LogP contribution in [0.2, 0.25) is 0 Å². The van der Waals surface area contributed by atoms with E-state index in [9.17, 15) is 14.7 Å². The van der Waals surface area contributed by atoms with E-state index in [1.807, 2.05) is 25.1 Å². The Hall–Kier alpha value is -3.59. The Kier molecular flexibility index (Phi) is 7.05. The molecule has 9 heteroatoms. The van der Waals surface area contributed by atoms with Gasteiger partial charge in [0.15, 0.2) is 0 Å². The second-order valence-electron chi connectivity index (χ2n) is 12.1. The summed E-state index contributed by atoms with van der Waals surface area (Å²) in [4.78, 5) is 29.6. The van der Waals surface area contributed by atoms with Crippen molar-refractivity contribution in [1.82, 2.24) is 10.3 Å². The maximum atomic E-state index is 13.1. The van der Waals surface area contributed by atoms with E-state index in [0.717, 1.165) is 49.8 Å². The molecule has 0 saturated heterocycles. The van der Waals surface area contributed by atoms with E-state index in [0.29, 0.717) is 34.2 Å². The van der Waals surface area contributed by atoms with Crippen molar-refractivity contribution in [1.29, 1.82) is 0 Å². The van der Waals surface area contributed by atoms with Crippen molar-refractivity contribution in [3.8, 4) is 11.5 Å². The van der Waals surface area contributed by atoms with E-state index in [4.69, 9.17) is 25.9 Å². The van der Waals surface area contributed by atoms with Gasteiger partial charge in [-0.05, 0) is 94.5 Å². The minimum absolute atomic E-state index is 0.0308. The Morgan fingerprint density at radius 1 is 1.15 bits per heavy atom. The fourth-order valence-corrected chi connectivity index (χ4v) is 5.70. The van der Waals surface area contributed by atoms with Crippen molar-refractivity contribution in [2.75, 3.05) is 6.61 Å². The molecule has 6 N–H and O–H groups in total. The number of rotatable bonds is 10. The summed E-state index contributed by atoms with van der Waals surface area (Å²) in [6, 6.07) is 9.02. The standard InChI is InChI=1S/C30H38N4O5/c1-17-4-7-21(27(32)35)25(10-17)39-20-13-30(14-20)11-19(12-30)33-28(36)22(15-31)23-8-9-24(38-16-29(2,3)37)26(34-23)18-5-6-18/h4,7-10,15,18-20,37H,5-6,11-14,16,31H2,1-3H3,(H2,32,35)(H,33,36). The van der Waals surface area contributed by atoms with E-state index >= 15 is 0 Å². The number of carbonyl (C=O) groups excluding carboxylic acids is 2. The maximum Gasteiger partial charge on any atom is 0.255 e. The molecule has 0 unspecified atom stereocenters. The lowest BCUT2D eigenvalue weighted by Crippen LogP contribution is -2.58. The lowest BCUT2D eigenvalue weighted by atomic mass is 9.53. The Labute approximate surface area is 229 Å². The predicted molar refractivity (Wildman–Crippen MR) is 147 cm³/mol. The fourth-order valence-electron chi connectivity index (χ4n) is 5.70. The summed E-state index contributed by atoms with van der Waals surface area (Å²) in [6.45, 7) is 5.48. The molecule has 1 spiro atoms. The maximum absolute atomic E-state index is 13.1. The number of hydrogen-bond donors (Lipinski definition) is 4. The third-order valence-corrected chi connectivity index (χ3v) is 7.83. The van der Waals surface area contributed by atoms with Gasteiger partial charge in [0.2, 0.25) is 0 Å². The number of nitrogens with one attached hydrogen (secondary N) is 1. The number of aromatic nitrogens is 1. The zero-order valence-electron chi connectivity index (χ0n) is 22.8. The molecule has 39 heavy (non-hydrogen) atoms. The first-order valence-electron chi connectivity index (χ1n) is 13.6. The Balaban J connectivity index is 1.15. The van der Waals surface area contributed by atoms with E-state index < -0.39 is 11.5 Å². The molecule has 3 saturated carbocycles. The number of benzene rings is 1. The number of nitrogens with zero attached hydrogens (tertiary/aromatic N) is 1. The minimum atomic E-state index is -0.957. The highest BCUT2D eigenvalue weighted by atomic mass is 16.5. The van der Waals surface area contributed by atoms with Crippen LogP contribution in [0.15, 0.2) is 36.5 Å². The van der Waals surface area contributed by atoms with Gasteiger partial charge in [0, 0.05) is 18.2 Å². The fraction of sp³-hybridized carbons (Fsp3) is 0.500. The zero-order chi connectivity index (χ0) is 27.9. The second-order valence-corrected chi connectivity index (χ2v) is 12.1. The number of hydrogen-bond acceptors (Lipinski definition) is 7. The number of ether oxygens (including phenoxy) is 2. The molecule has 3 aliphatic carbocycles. The van der Waals surface area contributed by atoms with Crippen LogP contribution in [-0.2, 0) is 4.79 Å². The van der Waals surface area contributed by atoms with Crippen LogP contribution in [0.5, 0.6) is 11.5 Å². The van der Waals surface area contributed by atoms with Crippen molar-refractivity contribution in [2.45, 2.75) is 83.0 Å². The first kappa shape index (κ1) is 27.0. The summed E-state index contributed by atoms with van der Waals surface area (Å²) < 4.78 is 12.0. The quantitative estimate of drug-likeness (QED) is 0.342. The van der Waals surface area contributed by atoms with Gasteiger partial charge in [-0.3, -0.25) is 9.59 Å². The highest BCUT2D eigenvalue weighted by Crippen LogP contribution is 2.57. The molecule has 1 aromatic heterocycles. The molecule has 5 rings (SSSR count). The third kappa shape index (κ3) is 6.03. The van der Waals surface area contributed by atoms with Crippen LogP contribution in [0.25, 0.3) is 5.57 Å². The molecule has 0 bridgehead atoms. The molecule has 208 valence electrons. The van der Waals surface area contributed by atoms with Crippen molar-refractivity contribution in [3.05, 3.63) is 59.0 Å². The van der Waals surface area contributed by atoms with Gasteiger partial charge in [-0.25, -0.2) is 4.98 Å². The topological polar surface area (TPSA) is 150 Å². The highest BCUT2D eigenvalue weighted by Gasteiger charge is 2.54. The largest absolute Gasteiger partial charge is 0.490 e. The molecule has 0 atom stereocenters. The first-order chi connectivity index (χ1) is 18.4. The predicted octanol–water partition coefficient (Wildman–Crippen LogP) is 3.32. The van der Waals surface area contributed by atoms with Crippen LogP contribution in [-0.4, -0.2) is 46.3 Å². The van der Waals surface area contributed by atoms with Crippen LogP contribution < -0.4 is 26.3 Å². The van der Waals surface area contributed by atoms with Gasteiger partial charge in [-0.2, -0.15) is 0 Å². The third-order valence-electron chi connectivity index (χ3n) is 7.83. The van der Waals surface area contributed by atoms with Crippen LogP contribution in [0.3, 0.4) is 0 Å². The number of primary amides is 1. The average molecular weight is 535 g/mol. The Morgan fingerprint density at radius 2 is 1.87 bits per heavy atom. The molecule has 1 aromatic carbocycles. The summed E-state index contributed by atoms with van der Waals surface area (Å²) in [5.41, 5.74) is 13.7. The molecule has 2 amide bonds. The first-order valence-corrected chi connectivity index (χ1v) is 13.6. The van der Waals surface area contributed by atoms with Crippen molar-refractivity contribution < 1.29 is 24.2 Å². The number of amides is 2. The van der Waals surface area contributed by atoms with Gasteiger partial charge >= 0.3 is 0 Å². The molecule has 3 fully saturated rings. The summed E-state index contributed by atoms with van der Waals surface area (Å²) in [5, 5.41) is 13.1. The summed E-state index contributed by atoms with van der Waals surface area (Å²) in [7, 11) is 0. The van der Waals surface area contributed by atoms with Gasteiger partial charge < -0.3 is 31.4 Å². The monoisotopic (exact) mass is 534 g/mol. The second kappa shape index (κ2) is 10.2. The van der Waals surface area contributed by atoms with Crippen molar-refractivity contribution in [2.24, 2.45) is 16.9 Å². The smallest absolute Gasteiger partial charge is 0.255 e. The Bertz CT molecular complexity index is 1300. The van der Waals surface area contributed by atoms with Gasteiger partial charge in [0.1, 0.15) is 18.1 Å². The van der Waals surface area contributed by atoms with Crippen LogP contribution in [0.4, 0.5) is 0 Å². The molecule has 0 aliphatic heterocycles. The average Bonchev–Trinajstić information content (AvgIpc) is 3.65. The lowest BCUT2D eigenvalue weighted by Gasteiger charge is -2.57. The van der Waals surface area contributed by atoms with Crippen LogP contribution in [0, 0.1) is 12.3 Å². The molecule has 1 heterocycles. The summed E-state index contributed by atoms with van der Waals surface area (Å²) in [5.74, 6) is 0.734. The van der Waals surface area contributed by atoms with Gasteiger partial charge in [0.25, 0.3) is 11.8 Å². The highest BCUT2D eigenvalue weighted by molar-refractivity contribution is 6.19. The normalized spacial score (nSPS) is 24.5. The van der Waals surface area contributed by atoms with E-state index in [-0.39, 0.29) is 30.1 Å². The van der Waals surface area contributed by atoms with Crippen molar-refractivity contribution >= 4 is 17.4 Å². The van der Waals surface area contributed by atoms with E-state index in [1.54, 1.807) is 26.0 Å². The van der Waals surface area contributed by atoms with E-state index in [1.165, 1.54) is 6.20 Å². The zero-order valence-corrected chi connectivity index (χ0v) is 22.8. The van der Waals surface area contributed by atoms with Crippen molar-refractivity contribution in [3.63, 3.8) is 0 Å². The van der Waals surface area contributed by atoms with E-state index in [2.05, 4.69) is 5.32 Å². The Morgan fingerprint density at radius 3 is 2.49 bits per heavy atom. The minimum Gasteiger partial charge on any atom is -0.490 e. The van der Waals surface area contributed by atoms with Crippen LogP contribution in [0.1, 0.15) is 85.6 Å². The molecule has 3 aliphatic rings. The lowest BCUT2D eigenvalue weighted by molar-refractivity contribution is -0.122. The molecule has 0 radical (unpaired) electrons. The SMILES string of the molecule is Cc1ccc(C(N)=O)c(OC2CC3(CC(NC(=O)C(=CN)c4ccc(OCC(C)(C)O)c(C5CC5)n4)C3)C2)c1. The van der Waals surface area contributed by atoms with Gasteiger partial charge in [0.05, 0.1) is 34.2 Å². The summed E-state index contributed by atoms with van der Waals surface area (Å²) in [6.07, 6.45) is 6.88. The number of aryl methyl sites for hydroxylation is 1. The molecular weight excluding hydrogens is 496 g/mol. The molecule has 2 aromatic rings. The van der Waals surface area contributed by atoms with Gasteiger partial charge in [-0.15, -0.1) is 0 Å². The number of carbonyl (C=O) groups is 2.